The van der Waals surface area contributed by atoms with E-state index in [4.69, 9.17) is 4.74 Å². The van der Waals surface area contributed by atoms with Gasteiger partial charge in [0, 0.05) is 12.2 Å². The van der Waals surface area contributed by atoms with Gasteiger partial charge < -0.3 is 10.1 Å². The second-order valence-electron chi connectivity index (χ2n) is 4.28. The number of hydrogen-bond donors (Lipinski definition) is 1. The van der Waals surface area contributed by atoms with E-state index < -0.39 is 0 Å². The maximum atomic E-state index is 5.19. The molecule has 0 aliphatic heterocycles. The maximum absolute atomic E-state index is 5.19. The summed E-state index contributed by atoms with van der Waals surface area (Å²) in [6.07, 6.45) is 5.79. The molecule has 0 spiro atoms. The van der Waals surface area contributed by atoms with Crippen LogP contribution in [0.4, 0.5) is 5.69 Å². The topological polar surface area (TPSA) is 34.1 Å². The molecular weight excluding hydrogens is 188 g/mol. The highest BCUT2D eigenvalue weighted by molar-refractivity contribution is 5.52. The highest BCUT2D eigenvalue weighted by Crippen LogP contribution is 2.34. The minimum atomic E-state index is 0.496. The van der Waals surface area contributed by atoms with Gasteiger partial charge in [-0.1, -0.05) is 12.8 Å². The average Bonchev–Trinajstić information content (AvgIpc) is 3.02. The lowest BCUT2D eigenvalue weighted by atomic mass is 10.1. The Hall–Kier alpha value is -1.25. The van der Waals surface area contributed by atoms with Crippen LogP contribution >= 0.6 is 0 Å². The van der Waals surface area contributed by atoms with Crippen LogP contribution in [0.25, 0.3) is 0 Å². The average molecular weight is 206 g/mol. The molecule has 1 saturated carbocycles. The van der Waals surface area contributed by atoms with Gasteiger partial charge in [-0.2, -0.15) is 0 Å². The minimum absolute atomic E-state index is 0.496. The molecule has 1 N–H and O–H groups in total. The van der Waals surface area contributed by atoms with Gasteiger partial charge in [0.05, 0.1) is 12.8 Å². The second-order valence-corrected chi connectivity index (χ2v) is 4.28. The number of methoxy groups -OCH3 is 1. The van der Waals surface area contributed by atoms with Crippen molar-refractivity contribution in [1.29, 1.82) is 0 Å². The molecule has 0 radical (unpaired) electrons. The molecule has 0 saturated heterocycles. The molecule has 0 amide bonds. The van der Waals surface area contributed by atoms with E-state index in [1.54, 1.807) is 13.3 Å². The summed E-state index contributed by atoms with van der Waals surface area (Å²) in [7, 11) is 1.65. The van der Waals surface area contributed by atoms with Crippen LogP contribution in [0, 0.1) is 5.92 Å². The van der Waals surface area contributed by atoms with Crippen molar-refractivity contribution in [3.63, 3.8) is 0 Å². The first-order chi connectivity index (χ1) is 7.29. The van der Waals surface area contributed by atoms with E-state index in [1.807, 2.05) is 12.1 Å². The Labute approximate surface area is 90.9 Å². The fourth-order valence-corrected chi connectivity index (χ4v) is 1.84. The molecule has 1 fully saturated rings. The van der Waals surface area contributed by atoms with Crippen molar-refractivity contribution < 1.29 is 4.74 Å². The van der Waals surface area contributed by atoms with E-state index in [0.717, 1.165) is 11.6 Å². The van der Waals surface area contributed by atoms with Crippen LogP contribution in [0.2, 0.25) is 0 Å². The normalized spacial score (nSPS) is 17.2. The summed E-state index contributed by atoms with van der Waals surface area (Å²) in [4.78, 5) is 4.16. The molecule has 2 rings (SSSR count). The molecule has 1 unspecified atom stereocenters. The number of rotatable bonds is 5. The SMILES string of the molecule is COc1ncccc1NC(C)CC1CC1. The first-order valence-corrected chi connectivity index (χ1v) is 5.55. The number of aromatic nitrogens is 1. The molecule has 1 aliphatic carbocycles. The fraction of sp³-hybridized carbons (Fsp3) is 0.583. The molecule has 1 atom stereocenters. The predicted octanol–water partition coefficient (Wildman–Crippen LogP) is 2.69. The van der Waals surface area contributed by atoms with E-state index in [0.29, 0.717) is 11.9 Å². The van der Waals surface area contributed by atoms with Crippen LogP contribution in [-0.2, 0) is 0 Å². The zero-order valence-corrected chi connectivity index (χ0v) is 9.36. The first-order valence-electron chi connectivity index (χ1n) is 5.55. The van der Waals surface area contributed by atoms with Gasteiger partial charge >= 0.3 is 0 Å². The summed E-state index contributed by atoms with van der Waals surface area (Å²) >= 11 is 0. The lowest BCUT2D eigenvalue weighted by Crippen LogP contribution is -2.16. The Morgan fingerprint density at radius 2 is 2.40 bits per heavy atom. The molecule has 3 heteroatoms. The van der Waals surface area contributed by atoms with Crippen molar-refractivity contribution in [1.82, 2.24) is 4.98 Å². The van der Waals surface area contributed by atoms with Crippen molar-refractivity contribution in [2.45, 2.75) is 32.2 Å². The second kappa shape index (κ2) is 4.51. The third-order valence-corrected chi connectivity index (χ3v) is 2.75. The number of pyridine rings is 1. The van der Waals surface area contributed by atoms with Crippen molar-refractivity contribution in [3.05, 3.63) is 18.3 Å². The van der Waals surface area contributed by atoms with Crippen LogP contribution in [-0.4, -0.2) is 18.1 Å². The predicted molar refractivity (Wildman–Crippen MR) is 61.2 cm³/mol. The van der Waals surface area contributed by atoms with Gasteiger partial charge in [0.25, 0.3) is 0 Å². The Kier molecular flexibility index (Phi) is 3.09. The van der Waals surface area contributed by atoms with E-state index in [-0.39, 0.29) is 0 Å². The molecular formula is C12H18N2O. The Balaban J connectivity index is 1.95. The zero-order chi connectivity index (χ0) is 10.7. The monoisotopic (exact) mass is 206 g/mol. The van der Waals surface area contributed by atoms with Gasteiger partial charge in [0.2, 0.25) is 5.88 Å². The molecule has 1 aromatic rings. The summed E-state index contributed by atoms with van der Waals surface area (Å²) in [6.45, 7) is 2.21. The number of ether oxygens (including phenoxy) is 1. The number of hydrogen-bond acceptors (Lipinski definition) is 3. The summed E-state index contributed by atoms with van der Waals surface area (Å²) < 4.78 is 5.19. The van der Waals surface area contributed by atoms with Gasteiger partial charge in [0.15, 0.2) is 0 Å². The Morgan fingerprint density at radius 3 is 3.07 bits per heavy atom. The standard InChI is InChI=1S/C12H18N2O/c1-9(8-10-5-6-10)14-11-4-3-7-13-12(11)15-2/h3-4,7,9-10,14H,5-6,8H2,1-2H3. The molecule has 0 aromatic carbocycles. The van der Waals surface area contributed by atoms with Gasteiger partial charge in [0.1, 0.15) is 0 Å². The first kappa shape index (κ1) is 10.3. The summed E-state index contributed by atoms with van der Waals surface area (Å²) in [5.41, 5.74) is 0.994. The molecule has 82 valence electrons. The summed E-state index contributed by atoms with van der Waals surface area (Å²) in [6, 6.07) is 4.43. The van der Waals surface area contributed by atoms with Crippen molar-refractivity contribution in [3.8, 4) is 5.88 Å². The van der Waals surface area contributed by atoms with Crippen LogP contribution < -0.4 is 10.1 Å². The van der Waals surface area contributed by atoms with E-state index >= 15 is 0 Å². The number of anilines is 1. The maximum Gasteiger partial charge on any atom is 0.237 e. The quantitative estimate of drug-likeness (QED) is 0.804. The zero-order valence-electron chi connectivity index (χ0n) is 9.36. The largest absolute Gasteiger partial charge is 0.480 e. The molecule has 0 bridgehead atoms. The van der Waals surface area contributed by atoms with Gasteiger partial charge in [-0.05, 0) is 31.4 Å². The number of nitrogens with one attached hydrogen (secondary N) is 1. The van der Waals surface area contributed by atoms with Gasteiger partial charge in [-0.25, -0.2) is 4.98 Å². The molecule has 3 nitrogen and oxygen atoms in total. The lowest BCUT2D eigenvalue weighted by Gasteiger charge is -2.16. The van der Waals surface area contributed by atoms with Crippen LogP contribution in [0.5, 0.6) is 5.88 Å². The van der Waals surface area contributed by atoms with Crippen LogP contribution in [0.3, 0.4) is 0 Å². The van der Waals surface area contributed by atoms with Crippen molar-refractivity contribution in [2.24, 2.45) is 5.92 Å². The van der Waals surface area contributed by atoms with E-state index in [1.165, 1.54) is 19.3 Å². The van der Waals surface area contributed by atoms with E-state index in [9.17, 15) is 0 Å². The molecule has 15 heavy (non-hydrogen) atoms. The van der Waals surface area contributed by atoms with Crippen molar-refractivity contribution >= 4 is 5.69 Å². The molecule has 1 aliphatic rings. The smallest absolute Gasteiger partial charge is 0.237 e. The van der Waals surface area contributed by atoms with Gasteiger partial charge in [-0.15, -0.1) is 0 Å². The third-order valence-electron chi connectivity index (χ3n) is 2.75. The third kappa shape index (κ3) is 2.85. The van der Waals surface area contributed by atoms with Crippen molar-refractivity contribution in [2.75, 3.05) is 12.4 Å². The molecule has 1 heterocycles. The Bertz CT molecular complexity index is 323. The highest BCUT2D eigenvalue weighted by atomic mass is 16.5. The lowest BCUT2D eigenvalue weighted by molar-refractivity contribution is 0.399. The van der Waals surface area contributed by atoms with Gasteiger partial charge in [-0.3, -0.25) is 0 Å². The van der Waals surface area contributed by atoms with Crippen LogP contribution in [0.15, 0.2) is 18.3 Å². The summed E-state index contributed by atoms with van der Waals surface area (Å²) in [5, 5.41) is 3.45. The highest BCUT2D eigenvalue weighted by Gasteiger charge is 2.23. The van der Waals surface area contributed by atoms with E-state index in [2.05, 4.69) is 17.2 Å². The Morgan fingerprint density at radius 1 is 1.60 bits per heavy atom. The van der Waals surface area contributed by atoms with Crippen LogP contribution in [0.1, 0.15) is 26.2 Å². The number of nitrogens with zero attached hydrogens (tertiary/aromatic N) is 1. The molecule has 1 aromatic heterocycles. The summed E-state index contributed by atoms with van der Waals surface area (Å²) in [5.74, 6) is 1.62. The minimum Gasteiger partial charge on any atom is -0.480 e. The fourth-order valence-electron chi connectivity index (χ4n) is 1.84.